The maximum absolute atomic E-state index is 4.57. The Morgan fingerprint density at radius 3 is 2.67 bits per heavy atom. The number of nitrogens with zero attached hydrogens (tertiary/aromatic N) is 2. The third-order valence-electron chi connectivity index (χ3n) is 3.39. The number of rotatable bonds is 2. The molecule has 2 heteroatoms. The summed E-state index contributed by atoms with van der Waals surface area (Å²) in [5.74, 6) is 2.09. The van der Waals surface area contributed by atoms with Gasteiger partial charge in [-0.2, -0.15) is 0 Å². The average Bonchev–Trinajstić information content (AvgIpc) is 2.29. The highest BCUT2D eigenvalue weighted by Crippen LogP contribution is 2.23. The van der Waals surface area contributed by atoms with E-state index < -0.39 is 0 Å². The van der Waals surface area contributed by atoms with Crippen LogP contribution < -0.4 is 4.90 Å². The molecular formula is C13H20N2. The molecule has 0 unspecified atom stereocenters. The Morgan fingerprint density at radius 2 is 2.07 bits per heavy atom. The van der Waals surface area contributed by atoms with Crippen molar-refractivity contribution in [1.29, 1.82) is 0 Å². The van der Waals surface area contributed by atoms with Gasteiger partial charge in [-0.05, 0) is 37.8 Å². The Morgan fingerprint density at radius 1 is 1.33 bits per heavy atom. The molecule has 0 amide bonds. The summed E-state index contributed by atoms with van der Waals surface area (Å²) in [7, 11) is 0. The second kappa shape index (κ2) is 4.65. The van der Waals surface area contributed by atoms with Crippen molar-refractivity contribution in [1.82, 2.24) is 4.98 Å². The number of hydrogen-bond donors (Lipinski definition) is 0. The standard InChI is InChI=1S/C13H20N2/c1-3-12-7-9-15(10-8-12)13-6-4-5-11(2)14-13/h4-6,12H,3,7-10H2,1-2H3. The third-order valence-corrected chi connectivity index (χ3v) is 3.39. The summed E-state index contributed by atoms with van der Waals surface area (Å²) in [5, 5.41) is 0. The van der Waals surface area contributed by atoms with Crippen molar-refractivity contribution in [2.75, 3.05) is 18.0 Å². The number of aryl methyl sites for hydroxylation is 1. The normalized spacial score (nSPS) is 18.1. The summed E-state index contributed by atoms with van der Waals surface area (Å²) in [6.07, 6.45) is 3.98. The molecule has 2 nitrogen and oxygen atoms in total. The highest BCUT2D eigenvalue weighted by molar-refractivity contribution is 5.39. The number of piperidine rings is 1. The fourth-order valence-electron chi connectivity index (χ4n) is 2.28. The predicted octanol–water partition coefficient (Wildman–Crippen LogP) is 3.02. The quantitative estimate of drug-likeness (QED) is 0.736. The molecule has 0 radical (unpaired) electrons. The van der Waals surface area contributed by atoms with Crippen LogP contribution in [0.25, 0.3) is 0 Å². The SMILES string of the molecule is CCC1CCN(c2cccc(C)n2)CC1. The van der Waals surface area contributed by atoms with E-state index in [2.05, 4.69) is 41.9 Å². The van der Waals surface area contributed by atoms with Crippen LogP contribution in [0.15, 0.2) is 18.2 Å². The molecule has 0 aliphatic carbocycles. The van der Waals surface area contributed by atoms with Gasteiger partial charge in [0, 0.05) is 18.8 Å². The monoisotopic (exact) mass is 204 g/mol. The first-order valence-corrected chi connectivity index (χ1v) is 5.98. The Bertz CT molecular complexity index is 314. The van der Waals surface area contributed by atoms with E-state index >= 15 is 0 Å². The molecule has 1 aliphatic heterocycles. The number of aromatic nitrogens is 1. The van der Waals surface area contributed by atoms with Crippen molar-refractivity contribution in [2.45, 2.75) is 33.1 Å². The van der Waals surface area contributed by atoms with E-state index in [1.165, 1.54) is 32.4 Å². The second-order valence-corrected chi connectivity index (χ2v) is 4.48. The molecule has 15 heavy (non-hydrogen) atoms. The third kappa shape index (κ3) is 2.49. The Balaban J connectivity index is 2.01. The molecular weight excluding hydrogens is 184 g/mol. The summed E-state index contributed by atoms with van der Waals surface area (Å²) >= 11 is 0. The van der Waals surface area contributed by atoms with Crippen molar-refractivity contribution < 1.29 is 0 Å². The van der Waals surface area contributed by atoms with Crippen LogP contribution in [0.2, 0.25) is 0 Å². The lowest BCUT2D eigenvalue weighted by molar-refractivity contribution is 0.393. The Kier molecular flexibility index (Phi) is 3.24. The maximum Gasteiger partial charge on any atom is 0.128 e. The first-order chi connectivity index (χ1) is 7.29. The zero-order valence-electron chi connectivity index (χ0n) is 9.74. The summed E-state index contributed by atoms with van der Waals surface area (Å²) < 4.78 is 0. The largest absolute Gasteiger partial charge is 0.357 e. The van der Waals surface area contributed by atoms with Crippen LogP contribution in [-0.2, 0) is 0 Å². The summed E-state index contributed by atoms with van der Waals surface area (Å²) in [6, 6.07) is 6.28. The van der Waals surface area contributed by atoms with E-state index in [-0.39, 0.29) is 0 Å². The molecule has 1 fully saturated rings. The van der Waals surface area contributed by atoms with Gasteiger partial charge in [0.05, 0.1) is 0 Å². The van der Waals surface area contributed by atoms with E-state index in [0.717, 1.165) is 17.4 Å². The van der Waals surface area contributed by atoms with Gasteiger partial charge in [0.15, 0.2) is 0 Å². The van der Waals surface area contributed by atoms with Crippen molar-refractivity contribution in [3.63, 3.8) is 0 Å². The van der Waals surface area contributed by atoms with Gasteiger partial charge in [0.1, 0.15) is 5.82 Å². The van der Waals surface area contributed by atoms with Crippen LogP contribution in [-0.4, -0.2) is 18.1 Å². The molecule has 1 saturated heterocycles. The predicted molar refractivity (Wildman–Crippen MR) is 64.2 cm³/mol. The average molecular weight is 204 g/mol. The molecule has 1 aromatic heterocycles. The molecule has 2 heterocycles. The van der Waals surface area contributed by atoms with Gasteiger partial charge < -0.3 is 4.90 Å². The number of hydrogen-bond acceptors (Lipinski definition) is 2. The topological polar surface area (TPSA) is 16.1 Å². The van der Waals surface area contributed by atoms with Crippen molar-refractivity contribution in [3.8, 4) is 0 Å². The Hall–Kier alpha value is -1.05. The zero-order chi connectivity index (χ0) is 10.7. The molecule has 1 aliphatic rings. The molecule has 2 rings (SSSR count). The highest BCUT2D eigenvalue weighted by Gasteiger charge is 2.18. The van der Waals surface area contributed by atoms with E-state index in [1.54, 1.807) is 0 Å². The first-order valence-electron chi connectivity index (χ1n) is 5.98. The molecule has 0 bridgehead atoms. The summed E-state index contributed by atoms with van der Waals surface area (Å²) in [5.41, 5.74) is 1.12. The van der Waals surface area contributed by atoms with Crippen LogP contribution in [0.1, 0.15) is 31.9 Å². The van der Waals surface area contributed by atoms with Gasteiger partial charge in [-0.15, -0.1) is 0 Å². The van der Waals surface area contributed by atoms with Gasteiger partial charge in [-0.1, -0.05) is 19.4 Å². The fraction of sp³-hybridized carbons (Fsp3) is 0.615. The molecule has 0 atom stereocenters. The van der Waals surface area contributed by atoms with Crippen molar-refractivity contribution in [2.24, 2.45) is 5.92 Å². The highest BCUT2D eigenvalue weighted by atomic mass is 15.2. The van der Waals surface area contributed by atoms with Crippen LogP contribution in [0.4, 0.5) is 5.82 Å². The molecule has 82 valence electrons. The first kappa shape index (κ1) is 10.5. The van der Waals surface area contributed by atoms with E-state index in [1.807, 2.05) is 0 Å². The smallest absolute Gasteiger partial charge is 0.128 e. The van der Waals surface area contributed by atoms with E-state index in [9.17, 15) is 0 Å². The number of anilines is 1. The van der Waals surface area contributed by atoms with Crippen LogP contribution in [0.3, 0.4) is 0 Å². The van der Waals surface area contributed by atoms with Crippen LogP contribution >= 0.6 is 0 Å². The zero-order valence-corrected chi connectivity index (χ0v) is 9.74. The summed E-state index contributed by atoms with van der Waals surface area (Å²) in [4.78, 5) is 6.99. The lowest BCUT2D eigenvalue weighted by Crippen LogP contribution is -2.34. The molecule has 0 saturated carbocycles. The van der Waals surface area contributed by atoms with Crippen molar-refractivity contribution in [3.05, 3.63) is 23.9 Å². The van der Waals surface area contributed by atoms with Gasteiger partial charge in [0.25, 0.3) is 0 Å². The minimum absolute atomic E-state index is 0.936. The molecule has 0 N–H and O–H groups in total. The molecule has 0 aromatic carbocycles. The second-order valence-electron chi connectivity index (χ2n) is 4.48. The lowest BCUT2D eigenvalue weighted by atomic mass is 9.94. The lowest BCUT2D eigenvalue weighted by Gasteiger charge is -2.32. The van der Waals surface area contributed by atoms with Gasteiger partial charge in [0.2, 0.25) is 0 Å². The van der Waals surface area contributed by atoms with Crippen LogP contribution in [0, 0.1) is 12.8 Å². The molecule has 1 aromatic rings. The fourth-order valence-corrected chi connectivity index (χ4v) is 2.28. The van der Waals surface area contributed by atoms with Crippen LogP contribution in [0.5, 0.6) is 0 Å². The van der Waals surface area contributed by atoms with Gasteiger partial charge in [-0.25, -0.2) is 4.98 Å². The van der Waals surface area contributed by atoms with Crippen molar-refractivity contribution >= 4 is 5.82 Å². The number of pyridine rings is 1. The van der Waals surface area contributed by atoms with E-state index in [0.29, 0.717) is 0 Å². The van der Waals surface area contributed by atoms with Gasteiger partial charge >= 0.3 is 0 Å². The Labute approximate surface area is 92.3 Å². The molecule has 0 spiro atoms. The van der Waals surface area contributed by atoms with Gasteiger partial charge in [-0.3, -0.25) is 0 Å². The van der Waals surface area contributed by atoms with E-state index in [4.69, 9.17) is 0 Å². The summed E-state index contributed by atoms with van der Waals surface area (Å²) in [6.45, 7) is 6.71. The minimum atomic E-state index is 0.936. The minimum Gasteiger partial charge on any atom is -0.357 e. The maximum atomic E-state index is 4.57.